The number of benzene rings is 3. The van der Waals surface area contributed by atoms with E-state index in [2.05, 4.69) is 0 Å². The van der Waals surface area contributed by atoms with Crippen molar-refractivity contribution in [2.24, 2.45) is 0 Å². The molecule has 0 atom stereocenters. The number of halogens is 1. The summed E-state index contributed by atoms with van der Waals surface area (Å²) in [5.74, 6) is 0.421. The summed E-state index contributed by atoms with van der Waals surface area (Å²) in [6, 6.07) is 30.7. The third-order valence-electron chi connectivity index (χ3n) is 4.31. The second kappa shape index (κ2) is 11.1. The lowest BCUT2D eigenvalue weighted by Gasteiger charge is -2.29. The van der Waals surface area contributed by atoms with Crippen LogP contribution in [0.5, 0.6) is 0 Å². The predicted octanol–water partition coefficient (Wildman–Crippen LogP) is 5.81. The van der Waals surface area contributed by atoms with Crippen molar-refractivity contribution >= 4 is 20.4 Å². The number of rotatable bonds is 11. The van der Waals surface area contributed by atoms with Gasteiger partial charge in [-0.3, -0.25) is 0 Å². The minimum atomic E-state index is -2.98. The van der Waals surface area contributed by atoms with Gasteiger partial charge in [0, 0.05) is 11.9 Å². The molecule has 0 fully saturated rings. The minimum Gasteiger partial charge on any atom is -0.369 e. The van der Waals surface area contributed by atoms with Gasteiger partial charge in [-0.1, -0.05) is 91.0 Å². The van der Waals surface area contributed by atoms with Crippen molar-refractivity contribution in [2.45, 2.75) is 25.9 Å². The summed E-state index contributed by atoms with van der Waals surface area (Å²) in [4.78, 5) is 0. The van der Waals surface area contributed by atoms with Crippen molar-refractivity contribution in [3.63, 3.8) is 0 Å². The highest BCUT2D eigenvalue weighted by Crippen LogP contribution is 2.23. The van der Waals surface area contributed by atoms with E-state index < -0.39 is 8.80 Å². The van der Waals surface area contributed by atoms with E-state index in [4.69, 9.17) is 24.9 Å². The zero-order valence-corrected chi connectivity index (χ0v) is 17.6. The Morgan fingerprint density at radius 2 is 0.857 bits per heavy atom. The normalized spacial score (nSPS) is 11.5. The lowest BCUT2D eigenvalue weighted by Crippen LogP contribution is -2.45. The summed E-state index contributed by atoms with van der Waals surface area (Å²) in [6.45, 7) is 1.31. The smallest absolute Gasteiger partial charge is 0.369 e. The maximum Gasteiger partial charge on any atom is 0.503 e. The van der Waals surface area contributed by atoms with Crippen LogP contribution < -0.4 is 0 Å². The second-order valence-electron chi connectivity index (χ2n) is 6.44. The first-order valence-corrected chi connectivity index (χ1v) is 11.9. The van der Waals surface area contributed by atoms with Gasteiger partial charge < -0.3 is 13.3 Å². The predicted molar refractivity (Wildman–Crippen MR) is 115 cm³/mol. The molecule has 3 rings (SSSR count). The third-order valence-corrected chi connectivity index (χ3v) is 7.43. The van der Waals surface area contributed by atoms with Gasteiger partial charge in [-0.05, 0) is 16.7 Å². The lowest BCUT2D eigenvalue weighted by atomic mass is 10.2. The molecular formula is C23H25ClO3Si. The highest BCUT2D eigenvalue weighted by molar-refractivity contribution is 6.61. The first-order valence-electron chi connectivity index (χ1n) is 9.39. The fourth-order valence-electron chi connectivity index (χ4n) is 2.76. The van der Waals surface area contributed by atoms with E-state index >= 15 is 0 Å². The Kier molecular flexibility index (Phi) is 8.27. The van der Waals surface area contributed by atoms with E-state index in [9.17, 15) is 0 Å². The average Bonchev–Trinajstić information content (AvgIpc) is 2.77. The van der Waals surface area contributed by atoms with Crippen molar-refractivity contribution < 1.29 is 13.3 Å². The van der Waals surface area contributed by atoms with Crippen LogP contribution in [0.2, 0.25) is 6.04 Å². The number of alkyl halides is 1. The molecule has 5 heteroatoms. The summed E-state index contributed by atoms with van der Waals surface area (Å²) in [5, 5.41) is 0. The van der Waals surface area contributed by atoms with Gasteiger partial charge >= 0.3 is 8.80 Å². The van der Waals surface area contributed by atoms with Gasteiger partial charge in [-0.15, -0.1) is 11.6 Å². The van der Waals surface area contributed by atoms with Crippen molar-refractivity contribution in [3.05, 3.63) is 108 Å². The quantitative estimate of drug-likeness (QED) is 0.293. The molecule has 3 aromatic carbocycles. The Morgan fingerprint density at radius 1 is 0.536 bits per heavy atom. The first-order chi connectivity index (χ1) is 13.8. The summed E-state index contributed by atoms with van der Waals surface area (Å²) in [6.07, 6.45) is 0. The Bertz CT molecular complexity index is 694. The van der Waals surface area contributed by atoms with E-state index in [0.717, 1.165) is 16.7 Å². The van der Waals surface area contributed by atoms with Crippen LogP contribution in [0.25, 0.3) is 0 Å². The van der Waals surface area contributed by atoms with Crippen LogP contribution in [0.1, 0.15) is 16.7 Å². The third kappa shape index (κ3) is 6.58. The van der Waals surface area contributed by atoms with Crippen LogP contribution >= 0.6 is 11.6 Å². The molecule has 146 valence electrons. The summed E-state index contributed by atoms with van der Waals surface area (Å²) in [7, 11) is -2.98. The molecule has 0 bridgehead atoms. The fourth-order valence-corrected chi connectivity index (χ4v) is 5.53. The van der Waals surface area contributed by atoms with Crippen molar-refractivity contribution in [2.75, 3.05) is 5.88 Å². The first kappa shape index (κ1) is 20.8. The van der Waals surface area contributed by atoms with Gasteiger partial charge in [0.2, 0.25) is 0 Å². The molecule has 0 heterocycles. The molecule has 0 amide bonds. The summed E-state index contributed by atoms with van der Waals surface area (Å²) >= 11 is 6.13. The zero-order valence-electron chi connectivity index (χ0n) is 15.8. The van der Waals surface area contributed by atoms with Crippen molar-refractivity contribution in [3.8, 4) is 0 Å². The monoisotopic (exact) mass is 412 g/mol. The Balaban J connectivity index is 1.73. The van der Waals surface area contributed by atoms with Crippen LogP contribution in [-0.2, 0) is 33.1 Å². The van der Waals surface area contributed by atoms with Gasteiger partial charge in [0.15, 0.2) is 0 Å². The fraction of sp³-hybridized carbons (Fsp3) is 0.217. The molecule has 0 unspecified atom stereocenters. The number of hydrogen-bond acceptors (Lipinski definition) is 3. The Hall–Kier alpha value is -1.95. The molecule has 0 radical (unpaired) electrons. The molecule has 0 saturated carbocycles. The highest BCUT2D eigenvalue weighted by Gasteiger charge is 2.41. The standard InChI is InChI=1S/C23H25ClO3Si/c24-16-17-28(25-18-21-10-4-1-5-11-21,26-19-22-12-6-2-7-13-22)27-20-23-14-8-3-9-15-23/h1-15H,16-20H2. The molecular weight excluding hydrogens is 388 g/mol. The SMILES string of the molecule is ClCC[Si](OCc1ccccc1)(OCc1ccccc1)OCc1ccccc1. The van der Waals surface area contributed by atoms with Crippen LogP contribution in [0, 0.1) is 0 Å². The van der Waals surface area contributed by atoms with E-state index in [1.807, 2.05) is 91.0 Å². The molecule has 3 nitrogen and oxygen atoms in total. The second-order valence-corrected chi connectivity index (χ2v) is 9.55. The van der Waals surface area contributed by atoms with Crippen LogP contribution in [-0.4, -0.2) is 14.7 Å². The average molecular weight is 413 g/mol. The molecule has 0 aliphatic carbocycles. The Labute approximate surface area is 173 Å². The molecule has 0 N–H and O–H groups in total. The van der Waals surface area contributed by atoms with E-state index in [1.165, 1.54) is 0 Å². The van der Waals surface area contributed by atoms with Crippen molar-refractivity contribution in [1.29, 1.82) is 0 Å². The van der Waals surface area contributed by atoms with E-state index in [-0.39, 0.29) is 0 Å². The topological polar surface area (TPSA) is 27.7 Å². The van der Waals surface area contributed by atoms with Gasteiger partial charge in [-0.2, -0.15) is 0 Å². The van der Waals surface area contributed by atoms with Gasteiger partial charge in [0.1, 0.15) is 0 Å². The molecule has 3 aromatic rings. The molecule has 0 aliphatic rings. The van der Waals surface area contributed by atoms with Crippen molar-refractivity contribution in [1.82, 2.24) is 0 Å². The summed E-state index contributed by atoms with van der Waals surface area (Å²) in [5.41, 5.74) is 3.25. The summed E-state index contributed by atoms with van der Waals surface area (Å²) < 4.78 is 18.9. The Morgan fingerprint density at radius 3 is 1.14 bits per heavy atom. The molecule has 0 aromatic heterocycles. The van der Waals surface area contributed by atoms with Gasteiger partial charge in [-0.25, -0.2) is 0 Å². The highest BCUT2D eigenvalue weighted by atomic mass is 35.5. The van der Waals surface area contributed by atoms with Crippen LogP contribution in [0.3, 0.4) is 0 Å². The number of hydrogen-bond donors (Lipinski definition) is 0. The lowest BCUT2D eigenvalue weighted by molar-refractivity contribution is 0.0440. The van der Waals surface area contributed by atoms with Crippen LogP contribution in [0.4, 0.5) is 0 Å². The van der Waals surface area contributed by atoms with Gasteiger partial charge in [0.25, 0.3) is 0 Å². The maximum atomic E-state index is 6.31. The molecule has 0 spiro atoms. The van der Waals surface area contributed by atoms with E-state index in [1.54, 1.807) is 0 Å². The maximum absolute atomic E-state index is 6.31. The van der Waals surface area contributed by atoms with Crippen LogP contribution in [0.15, 0.2) is 91.0 Å². The minimum absolute atomic E-state index is 0.421. The molecule has 0 saturated heterocycles. The molecule has 28 heavy (non-hydrogen) atoms. The molecule has 0 aliphatic heterocycles. The van der Waals surface area contributed by atoms with Gasteiger partial charge in [0.05, 0.1) is 19.8 Å². The largest absolute Gasteiger partial charge is 0.503 e. The van der Waals surface area contributed by atoms with E-state index in [0.29, 0.717) is 31.7 Å². The zero-order chi connectivity index (χ0) is 19.5.